The van der Waals surface area contributed by atoms with Crippen LogP contribution in [0.25, 0.3) is 0 Å². The zero-order valence-corrected chi connectivity index (χ0v) is 14.0. The van der Waals surface area contributed by atoms with E-state index in [0.29, 0.717) is 11.6 Å². The van der Waals surface area contributed by atoms with Gasteiger partial charge in [-0.15, -0.1) is 11.3 Å². The van der Waals surface area contributed by atoms with Crippen LogP contribution in [0.4, 0.5) is 5.00 Å². The highest BCUT2D eigenvalue weighted by Gasteiger charge is 2.19. The predicted molar refractivity (Wildman–Crippen MR) is 90.9 cm³/mol. The van der Waals surface area contributed by atoms with Crippen LogP contribution in [0.3, 0.4) is 0 Å². The minimum absolute atomic E-state index is 0.0210. The van der Waals surface area contributed by atoms with Crippen LogP contribution in [-0.2, 0) is 11.3 Å². The number of methoxy groups -OCH3 is 1. The Kier molecular flexibility index (Phi) is 5.10. The summed E-state index contributed by atoms with van der Waals surface area (Å²) in [5.74, 6) is -0.878. The predicted octanol–water partition coefficient (Wildman–Crippen LogP) is 3.35. The van der Waals surface area contributed by atoms with Gasteiger partial charge in [-0.2, -0.15) is 0 Å². The molecule has 2 aromatic heterocycles. The largest absolute Gasteiger partial charge is 0.471 e. The van der Waals surface area contributed by atoms with E-state index in [9.17, 15) is 9.59 Å². The first kappa shape index (κ1) is 16.7. The number of benzene rings is 1. The highest BCUT2D eigenvalue weighted by Crippen LogP contribution is 2.25. The normalized spacial score (nSPS) is 10.3. The topological polar surface area (TPSA) is 90.7 Å². The van der Waals surface area contributed by atoms with E-state index in [1.807, 2.05) is 30.3 Å². The molecule has 1 amide bonds. The molecule has 0 saturated carbocycles. The average molecular weight is 358 g/mol. The summed E-state index contributed by atoms with van der Waals surface area (Å²) < 4.78 is 15.1. The lowest BCUT2D eigenvalue weighted by Crippen LogP contribution is -2.13. The van der Waals surface area contributed by atoms with E-state index >= 15 is 0 Å². The Morgan fingerprint density at radius 1 is 1.24 bits per heavy atom. The third kappa shape index (κ3) is 4.04. The Bertz CT molecular complexity index is 872. The molecule has 1 N–H and O–H groups in total. The van der Waals surface area contributed by atoms with Crippen LogP contribution in [0.5, 0.6) is 5.88 Å². The molecule has 2 heterocycles. The number of anilines is 1. The van der Waals surface area contributed by atoms with Crippen LogP contribution < -0.4 is 10.1 Å². The molecule has 0 aliphatic rings. The molecule has 0 unspecified atom stereocenters. The molecule has 0 fully saturated rings. The van der Waals surface area contributed by atoms with Gasteiger partial charge in [-0.1, -0.05) is 30.3 Å². The number of hydrogen-bond donors (Lipinski definition) is 1. The summed E-state index contributed by atoms with van der Waals surface area (Å²) >= 11 is 1.20. The third-order valence-corrected chi connectivity index (χ3v) is 4.07. The zero-order valence-electron chi connectivity index (χ0n) is 13.2. The molecule has 0 bridgehead atoms. The van der Waals surface area contributed by atoms with Crippen LogP contribution in [0.2, 0.25) is 0 Å². The molecule has 1 aromatic carbocycles. The van der Waals surface area contributed by atoms with Crippen LogP contribution in [-0.4, -0.2) is 24.1 Å². The van der Waals surface area contributed by atoms with E-state index in [4.69, 9.17) is 9.26 Å². The van der Waals surface area contributed by atoms with Crippen LogP contribution >= 0.6 is 11.3 Å². The number of amides is 1. The molecule has 3 rings (SSSR count). The van der Waals surface area contributed by atoms with E-state index in [0.717, 1.165) is 5.56 Å². The molecule has 0 saturated heterocycles. The van der Waals surface area contributed by atoms with Crippen molar-refractivity contribution in [1.82, 2.24) is 5.16 Å². The fraction of sp³-hybridized carbons (Fsp3) is 0.118. The van der Waals surface area contributed by atoms with Crippen molar-refractivity contribution < 1.29 is 23.6 Å². The number of thiophene rings is 1. The quantitative estimate of drug-likeness (QED) is 0.680. The van der Waals surface area contributed by atoms with Gasteiger partial charge in [0.05, 0.1) is 18.7 Å². The lowest BCUT2D eigenvalue weighted by molar-refractivity contribution is 0.0602. The van der Waals surface area contributed by atoms with Crippen molar-refractivity contribution in [3.63, 3.8) is 0 Å². The first-order chi connectivity index (χ1) is 12.2. The molecular weight excluding hydrogens is 344 g/mol. The van der Waals surface area contributed by atoms with Gasteiger partial charge in [0.25, 0.3) is 11.8 Å². The minimum atomic E-state index is -0.533. The molecule has 0 atom stereocenters. The Morgan fingerprint density at radius 3 is 2.80 bits per heavy atom. The number of aromatic nitrogens is 1. The van der Waals surface area contributed by atoms with Crippen LogP contribution in [0.1, 0.15) is 26.5 Å². The van der Waals surface area contributed by atoms with Crippen LogP contribution in [0, 0.1) is 0 Å². The number of esters is 1. The summed E-state index contributed by atoms with van der Waals surface area (Å²) in [6, 6.07) is 12.5. The number of carbonyl (C=O) groups is 2. The molecule has 7 nitrogen and oxygen atoms in total. The van der Waals surface area contributed by atoms with E-state index in [1.165, 1.54) is 24.5 Å². The van der Waals surface area contributed by atoms with Gasteiger partial charge in [0.2, 0.25) is 5.76 Å². The molecule has 0 aliphatic heterocycles. The van der Waals surface area contributed by atoms with Gasteiger partial charge in [-0.05, 0) is 22.2 Å². The van der Waals surface area contributed by atoms with Gasteiger partial charge in [0, 0.05) is 0 Å². The summed E-state index contributed by atoms with van der Waals surface area (Å²) in [4.78, 5) is 23.8. The summed E-state index contributed by atoms with van der Waals surface area (Å²) in [7, 11) is 1.28. The second kappa shape index (κ2) is 7.63. The first-order valence-corrected chi connectivity index (χ1v) is 8.16. The van der Waals surface area contributed by atoms with Crippen LogP contribution in [0.15, 0.2) is 52.4 Å². The molecule has 3 aromatic rings. The lowest BCUT2D eigenvalue weighted by atomic mass is 10.2. The van der Waals surface area contributed by atoms with Crippen molar-refractivity contribution >= 4 is 28.2 Å². The SMILES string of the molecule is COC(=O)c1ccsc1NC(=O)c1cc(OCc2ccccc2)no1. The molecule has 0 spiro atoms. The smallest absolute Gasteiger partial charge is 0.340 e. The van der Waals surface area contributed by atoms with Crippen molar-refractivity contribution in [3.05, 3.63) is 64.7 Å². The number of rotatable bonds is 6. The van der Waals surface area contributed by atoms with E-state index < -0.39 is 11.9 Å². The number of hydrogen-bond acceptors (Lipinski definition) is 7. The van der Waals surface area contributed by atoms with Crippen molar-refractivity contribution in [3.8, 4) is 5.88 Å². The van der Waals surface area contributed by atoms with Gasteiger partial charge in [0.1, 0.15) is 11.6 Å². The molecule has 0 radical (unpaired) electrons. The highest BCUT2D eigenvalue weighted by atomic mass is 32.1. The van der Waals surface area contributed by atoms with Crippen molar-refractivity contribution in [1.29, 1.82) is 0 Å². The van der Waals surface area contributed by atoms with E-state index in [1.54, 1.807) is 11.4 Å². The fourth-order valence-corrected chi connectivity index (χ4v) is 2.78. The second-order valence-electron chi connectivity index (χ2n) is 4.91. The number of ether oxygens (including phenoxy) is 2. The molecule has 8 heteroatoms. The lowest BCUT2D eigenvalue weighted by Gasteiger charge is -2.02. The van der Waals surface area contributed by atoms with E-state index in [-0.39, 0.29) is 17.2 Å². The maximum atomic E-state index is 12.2. The molecule has 25 heavy (non-hydrogen) atoms. The van der Waals surface area contributed by atoms with Crippen molar-refractivity contribution in [2.24, 2.45) is 0 Å². The Morgan fingerprint density at radius 2 is 2.04 bits per heavy atom. The molecule has 128 valence electrons. The van der Waals surface area contributed by atoms with Gasteiger partial charge in [-0.3, -0.25) is 4.79 Å². The summed E-state index contributed by atoms with van der Waals surface area (Å²) in [5.41, 5.74) is 1.25. The fourth-order valence-electron chi connectivity index (χ4n) is 2.01. The van der Waals surface area contributed by atoms with Gasteiger partial charge >= 0.3 is 5.97 Å². The van der Waals surface area contributed by atoms with E-state index in [2.05, 4.69) is 15.2 Å². The molecular formula is C17H14N2O5S. The Labute approximate surface area is 147 Å². The maximum Gasteiger partial charge on any atom is 0.340 e. The van der Waals surface area contributed by atoms with Gasteiger partial charge in [-0.25, -0.2) is 4.79 Å². The number of carbonyl (C=O) groups excluding carboxylic acids is 2. The average Bonchev–Trinajstić information content (AvgIpc) is 3.29. The number of nitrogens with one attached hydrogen (secondary N) is 1. The summed E-state index contributed by atoms with van der Waals surface area (Å²) in [6.07, 6.45) is 0. The summed E-state index contributed by atoms with van der Waals surface area (Å²) in [5, 5.41) is 8.36. The molecule has 0 aliphatic carbocycles. The maximum absolute atomic E-state index is 12.2. The van der Waals surface area contributed by atoms with Gasteiger partial charge in [0.15, 0.2) is 0 Å². The van der Waals surface area contributed by atoms with Gasteiger partial charge < -0.3 is 19.3 Å². The Balaban J connectivity index is 1.63. The highest BCUT2D eigenvalue weighted by molar-refractivity contribution is 7.14. The second-order valence-corrected chi connectivity index (χ2v) is 5.83. The van der Waals surface area contributed by atoms with Crippen molar-refractivity contribution in [2.75, 3.05) is 12.4 Å². The standard InChI is InChI=1S/C17H14N2O5S/c1-22-17(21)12-7-8-25-16(12)18-15(20)13-9-14(19-24-13)23-10-11-5-3-2-4-6-11/h2-9H,10H2,1H3,(H,18,20). The summed E-state index contributed by atoms with van der Waals surface area (Å²) in [6.45, 7) is 0.311. The minimum Gasteiger partial charge on any atom is -0.471 e. The first-order valence-electron chi connectivity index (χ1n) is 7.28. The number of nitrogens with zero attached hydrogens (tertiary/aromatic N) is 1. The Hall–Kier alpha value is -3.13. The zero-order chi connectivity index (χ0) is 17.6. The monoisotopic (exact) mass is 358 g/mol. The van der Waals surface area contributed by atoms with Crippen molar-refractivity contribution in [2.45, 2.75) is 6.61 Å². The third-order valence-electron chi connectivity index (χ3n) is 3.24.